The maximum absolute atomic E-state index is 13.0. The summed E-state index contributed by atoms with van der Waals surface area (Å²) >= 11 is 3.40. The highest BCUT2D eigenvalue weighted by Gasteiger charge is 2.37. The molecule has 2 aromatic rings. The normalized spacial score (nSPS) is 17.5. The summed E-state index contributed by atoms with van der Waals surface area (Å²) in [5.74, 6) is -1.15. The van der Waals surface area contributed by atoms with E-state index < -0.39 is 17.9 Å². The van der Waals surface area contributed by atoms with Gasteiger partial charge in [0.25, 0.3) is 5.91 Å². The van der Waals surface area contributed by atoms with Gasteiger partial charge in [-0.2, -0.15) is 0 Å². The fraction of sp³-hybridized carbons (Fsp3) is 0.353. The summed E-state index contributed by atoms with van der Waals surface area (Å²) in [6.45, 7) is 2.42. The smallest absolute Gasteiger partial charge is 0.308 e. The number of amides is 2. The number of halogens is 1. The van der Waals surface area contributed by atoms with Crippen molar-refractivity contribution in [2.75, 3.05) is 20.2 Å². The van der Waals surface area contributed by atoms with E-state index in [4.69, 9.17) is 4.42 Å². The van der Waals surface area contributed by atoms with Crippen molar-refractivity contribution in [3.8, 4) is 0 Å². The second-order valence-corrected chi connectivity index (χ2v) is 6.70. The van der Waals surface area contributed by atoms with E-state index in [0.717, 1.165) is 9.86 Å². The fourth-order valence-corrected chi connectivity index (χ4v) is 3.29. The Balaban J connectivity index is 1.96. The molecule has 25 heavy (non-hydrogen) atoms. The predicted molar refractivity (Wildman–Crippen MR) is 93.1 cm³/mol. The Morgan fingerprint density at radius 2 is 2.20 bits per heavy atom. The molecular weight excluding hydrogens is 392 g/mol. The first-order chi connectivity index (χ1) is 11.9. The van der Waals surface area contributed by atoms with Crippen molar-refractivity contribution >= 4 is 44.7 Å². The summed E-state index contributed by atoms with van der Waals surface area (Å²) in [4.78, 5) is 38.1. The second-order valence-electron chi connectivity index (χ2n) is 5.78. The summed E-state index contributed by atoms with van der Waals surface area (Å²) in [6.07, 6.45) is -0.196. The van der Waals surface area contributed by atoms with Crippen LogP contribution in [0.1, 0.15) is 22.5 Å². The maximum Gasteiger partial charge on any atom is 0.308 e. The lowest BCUT2D eigenvalue weighted by atomic mass is 10.1. The molecule has 2 amide bonds. The molecule has 1 saturated heterocycles. The molecule has 3 rings (SSSR count). The summed E-state index contributed by atoms with van der Waals surface area (Å²) in [7, 11) is 1.25. The van der Waals surface area contributed by atoms with E-state index in [2.05, 4.69) is 26.0 Å². The number of carbonyl (C=O) groups is 3. The highest BCUT2D eigenvalue weighted by atomic mass is 79.9. The molecule has 0 bridgehead atoms. The van der Waals surface area contributed by atoms with Gasteiger partial charge in [0.2, 0.25) is 5.91 Å². The molecule has 0 saturated carbocycles. The number of ether oxygens (including phenoxy) is 1. The van der Waals surface area contributed by atoms with E-state index in [1.165, 1.54) is 12.0 Å². The Kier molecular flexibility index (Phi) is 4.80. The lowest BCUT2D eigenvalue weighted by Crippen LogP contribution is -2.57. The Hall–Kier alpha value is -2.35. The molecule has 132 valence electrons. The highest BCUT2D eigenvalue weighted by Crippen LogP contribution is 2.29. The first kappa shape index (κ1) is 17.5. The molecule has 7 nitrogen and oxygen atoms in total. The predicted octanol–water partition coefficient (Wildman–Crippen LogP) is 2.01. The third-order valence-corrected chi connectivity index (χ3v) is 4.77. The molecule has 0 unspecified atom stereocenters. The zero-order valence-corrected chi connectivity index (χ0v) is 15.4. The van der Waals surface area contributed by atoms with E-state index in [1.54, 1.807) is 13.0 Å². The summed E-state index contributed by atoms with van der Waals surface area (Å²) < 4.78 is 11.2. The monoisotopic (exact) mass is 408 g/mol. The standard InChI is InChI=1S/C17H17BrN2O5/c1-9-11-7-10(18)3-4-13(11)25-15(9)17(23)20-6-5-19-16(22)12(20)8-14(21)24-2/h3-4,7,12H,5-6,8H2,1-2H3,(H,19,22)/t12-/m1/s1. The van der Waals surface area contributed by atoms with Crippen LogP contribution in [0.4, 0.5) is 0 Å². The van der Waals surface area contributed by atoms with E-state index >= 15 is 0 Å². The molecule has 1 atom stereocenters. The van der Waals surface area contributed by atoms with E-state index in [0.29, 0.717) is 24.2 Å². The molecule has 0 radical (unpaired) electrons. The molecule has 0 spiro atoms. The quantitative estimate of drug-likeness (QED) is 0.784. The molecule has 1 aromatic heterocycles. The van der Waals surface area contributed by atoms with Gasteiger partial charge in [0.05, 0.1) is 13.5 Å². The third kappa shape index (κ3) is 3.26. The van der Waals surface area contributed by atoms with Gasteiger partial charge in [0.1, 0.15) is 11.6 Å². The summed E-state index contributed by atoms with van der Waals surface area (Å²) in [5.41, 5.74) is 1.29. The van der Waals surface area contributed by atoms with Crippen molar-refractivity contribution in [2.24, 2.45) is 0 Å². The second kappa shape index (κ2) is 6.87. The number of fused-ring (bicyclic) bond motifs is 1. The lowest BCUT2D eigenvalue weighted by Gasteiger charge is -2.34. The zero-order chi connectivity index (χ0) is 18.1. The largest absolute Gasteiger partial charge is 0.469 e. The average molecular weight is 409 g/mol. The van der Waals surface area contributed by atoms with Crippen molar-refractivity contribution in [3.63, 3.8) is 0 Å². The van der Waals surface area contributed by atoms with Crippen LogP contribution >= 0.6 is 15.9 Å². The number of carbonyl (C=O) groups excluding carboxylic acids is 3. The van der Waals surface area contributed by atoms with Gasteiger partial charge in [0, 0.05) is 28.5 Å². The van der Waals surface area contributed by atoms with Crippen LogP contribution in [0.2, 0.25) is 0 Å². The van der Waals surface area contributed by atoms with Crippen molar-refractivity contribution < 1.29 is 23.5 Å². The Labute approximate surface area is 152 Å². The summed E-state index contributed by atoms with van der Waals surface area (Å²) in [6, 6.07) is 4.57. The van der Waals surface area contributed by atoms with Crippen molar-refractivity contribution in [1.29, 1.82) is 0 Å². The molecule has 1 aliphatic rings. The molecule has 0 aliphatic carbocycles. The van der Waals surface area contributed by atoms with Crippen molar-refractivity contribution in [1.82, 2.24) is 10.2 Å². The molecule has 2 heterocycles. The Bertz CT molecular complexity index is 860. The number of benzene rings is 1. The van der Waals surface area contributed by atoms with Gasteiger partial charge < -0.3 is 19.4 Å². The maximum atomic E-state index is 13.0. The number of furan rings is 1. The highest BCUT2D eigenvalue weighted by molar-refractivity contribution is 9.10. The van der Waals surface area contributed by atoms with Crippen LogP contribution in [0, 0.1) is 6.92 Å². The topological polar surface area (TPSA) is 88.9 Å². The van der Waals surface area contributed by atoms with Gasteiger partial charge in [-0.05, 0) is 25.1 Å². The number of hydrogen-bond acceptors (Lipinski definition) is 5. The SMILES string of the molecule is COC(=O)C[C@@H]1C(=O)NCCN1C(=O)c1oc2ccc(Br)cc2c1C. The minimum Gasteiger partial charge on any atom is -0.469 e. The number of nitrogens with one attached hydrogen (secondary N) is 1. The minimum atomic E-state index is -0.909. The van der Waals surface area contributed by atoms with Gasteiger partial charge >= 0.3 is 5.97 Å². The third-order valence-electron chi connectivity index (χ3n) is 4.27. The zero-order valence-electron chi connectivity index (χ0n) is 13.8. The van der Waals surface area contributed by atoms with Crippen LogP contribution in [0.3, 0.4) is 0 Å². The van der Waals surface area contributed by atoms with Crippen molar-refractivity contribution in [3.05, 3.63) is 34.0 Å². The molecule has 1 N–H and O–H groups in total. The minimum absolute atomic E-state index is 0.178. The number of methoxy groups -OCH3 is 1. The molecule has 8 heteroatoms. The van der Waals surface area contributed by atoms with Gasteiger partial charge in [-0.1, -0.05) is 15.9 Å². The van der Waals surface area contributed by atoms with Crippen LogP contribution in [0.25, 0.3) is 11.0 Å². The Morgan fingerprint density at radius 1 is 1.44 bits per heavy atom. The number of aryl methyl sites for hydroxylation is 1. The van der Waals surface area contributed by atoms with E-state index in [9.17, 15) is 14.4 Å². The van der Waals surface area contributed by atoms with Gasteiger partial charge in [-0.15, -0.1) is 0 Å². The number of piperazine rings is 1. The van der Waals surface area contributed by atoms with E-state index in [1.807, 2.05) is 12.1 Å². The van der Waals surface area contributed by atoms with E-state index in [-0.39, 0.29) is 18.1 Å². The van der Waals surface area contributed by atoms with Crippen LogP contribution in [0.15, 0.2) is 27.1 Å². The van der Waals surface area contributed by atoms with Crippen LogP contribution < -0.4 is 5.32 Å². The van der Waals surface area contributed by atoms with Crippen molar-refractivity contribution in [2.45, 2.75) is 19.4 Å². The number of esters is 1. The first-order valence-corrected chi connectivity index (χ1v) is 8.56. The lowest BCUT2D eigenvalue weighted by molar-refractivity contribution is -0.145. The number of hydrogen-bond donors (Lipinski definition) is 1. The summed E-state index contributed by atoms with van der Waals surface area (Å²) in [5, 5.41) is 3.49. The average Bonchev–Trinajstić information content (AvgIpc) is 2.92. The molecule has 1 aliphatic heterocycles. The van der Waals surface area contributed by atoms with Gasteiger partial charge in [-0.3, -0.25) is 14.4 Å². The van der Waals surface area contributed by atoms with Gasteiger partial charge in [-0.25, -0.2) is 0 Å². The number of rotatable bonds is 3. The Morgan fingerprint density at radius 3 is 2.92 bits per heavy atom. The number of nitrogens with zero attached hydrogens (tertiary/aromatic N) is 1. The molecular formula is C17H17BrN2O5. The molecule has 1 aromatic carbocycles. The molecule has 1 fully saturated rings. The fourth-order valence-electron chi connectivity index (χ4n) is 2.93. The van der Waals surface area contributed by atoms with Crippen LogP contribution in [-0.4, -0.2) is 48.9 Å². The van der Waals surface area contributed by atoms with Gasteiger partial charge in [0.15, 0.2) is 5.76 Å². The van der Waals surface area contributed by atoms with Crippen LogP contribution in [0.5, 0.6) is 0 Å². The first-order valence-electron chi connectivity index (χ1n) is 7.76. The van der Waals surface area contributed by atoms with Crippen LogP contribution in [-0.2, 0) is 14.3 Å².